The molecular weight excluding hydrogens is 385 g/mol. The normalized spacial score (nSPS) is 20.3. The van der Waals surface area contributed by atoms with Crippen molar-refractivity contribution in [1.82, 2.24) is 24.1 Å². The van der Waals surface area contributed by atoms with Crippen molar-refractivity contribution < 1.29 is 9.18 Å². The molecule has 2 aliphatic heterocycles. The third-order valence-corrected chi connectivity index (χ3v) is 6.24. The Morgan fingerprint density at radius 2 is 1.97 bits per heavy atom. The lowest BCUT2D eigenvalue weighted by atomic mass is 10.1. The van der Waals surface area contributed by atoms with E-state index in [1.807, 2.05) is 4.90 Å². The fourth-order valence-corrected chi connectivity index (χ4v) is 4.51. The highest BCUT2D eigenvalue weighted by Crippen LogP contribution is 2.24. The zero-order valence-electron chi connectivity index (χ0n) is 17.8. The van der Waals surface area contributed by atoms with Gasteiger partial charge in [0.15, 0.2) is 0 Å². The second kappa shape index (κ2) is 8.71. The molecule has 1 saturated heterocycles. The van der Waals surface area contributed by atoms with Crippen molar-refractivity contribution in [1.29, 1.82) is 0 Å². The average Bonchev–Trinajstić information content (AvgIpc) is 2.90. The van der Waals surface area contributed by atoms with Crippen LogP contribution in [0.1, 0.15) is 50.5 Å². The van der Waals surface area contributed by atoms with Crippen LogP contribution in [0.4, 0.5) is 4.39 Å². The Balaban J connectivity index is 1.57. The largest absolute Gasteiger partial charge is 0.346 e. The van der Waals surface area contributed by atoms with E-state index in [9.17, 15) is 14.0 Å². The SMILES string of the molecule is CC(C)N1CCN(C(=O)C2CCCCc3nn(Cc4cccc(F)c4)c(=O)n32)CC1. The first-order valence-electron chi connectivity index (χ1n) is 10.9. The van der Waals surface area contributed by atoms with Gasteiger partial charge in [-0.3, -0.25) is 14.3 Å². The molecule has 1 aromatic heterocycles. The summed E-state index contributed by atoms with van der Waals surface area (Å²) in [5.41, 5.74) is 0.397. The number of amides is 1. The maximum atomic E-state index is 13.5. The smallest absolute Gasteiger partial charge is 0.338 e. The fourth-order valence-electron chi connectivity index (χ4n) is 4.51. The number of benzene rings is 1. The summed E-state index contributed by atoms with van der Waals surface area (Å²) in [5, 5.41) is 4.51. The number of carbonyl (C=O) groups is 1. The topological polar surface area (TPSA) is 63.4 Å². The summed E-state index contributed by atoms with van der Waals surface area (Å²) in [6, 6.07) is 6.16. The van der Waals surface area contributed by atoms with Gasteiger partial charge in [-0.2, -0.15) is 5.10 Å². The molecule has 1 unspecified atom stereocenters. The lowest BCUT2D eigenvalue weighted by molar-refractivity contribution is -0.137. The summed E-state index contributed by atoms with van der Waals surface area (Å²) in [7, 11) is 0. The van der Waals surface area contributed by atoms with Crippen LogP contribution in [0.3, 0.4) is 0 Å². The third-order valence-electron chi connectivity index (χ3n) is 6.24. The molecule has 0 saturated carbocycles. The van der Waals surface area contributed by atoms with E-state index in [4.69, 9.17) is 0 Å². The van der Waals surface area contributed by atoms with Crippen molar-refractivity contribution >= 4 is 5.91 Å². The molecule has 1 aromatic carbocycles. The Morgan fingerprint density at radius 3 is 2.67 bits per heavy atom. The van der Waals surface area contributed by atoms with Crippen LogP contribution < -0.4 is 5.69 Å². The molecule has 30 heavy (non-hydrogen) atoms. The number of rotatable bonds is 4. The first-order valence-corrected chi connectivity index (χ1v) is 10.9. The molecule has 0 aliphatic carbocycles. The van der Waals surface area contributed by atoms with E-state index in [1.54, 1.807) is 16.7 Å². The molecule has 0 N–H and O–H groups in total. The number of hydrogen-bond acceptors (Lipinski definition) is 4. The molecule has 0 radical (unpaired) electrons. The molecule has 2 aromatic rings. The molecule has 162 valence electrons. The predicted octanol–water partition coefficient (Wildman–Crippen LogP) is 2.05. The Morgan fingerprint density at radius 1 is 1.20 bits per heavy atom. The second-order valence-corrected chi connectivity index (χ2v) is 8.57. The molecule has 1 fully saturated rings. The van der Waals surface area contributed by atoms with E-state index >= 15 is 0 Å². The van der Waals surface area contributed by atoms with E-state index in [0.717, 1.165) is 25.9 Å². The number of nitrogens with zero attached hydrogens (tertiary/aromatic N) is 5. The molecule has 2 aliphatic rings. The highest BCUT2D eigenvalue weighted by molar-refractivity contribution is 5.80. The average molecular weight is 416 g/mol. The van der Waals surface area contributed by atoms with Gasteiger partial charge < -0.3 is 4.90 Å². The molecule has 1 amide bonds. The molecule has 1 atom stereocenters. The Hall–Kier alpha value is -2.48. The molecule has 4 rings (SSSR count). The summed E-state index contributed by atoms with van der Waals surface area (Å²) in [5.74, 6) is 0.344. The fraction of sp³-hybridized carbons (Fsp3) is 0.591. The third kappa shape index (κ3) is 4.19. The molecule has 7 nitrogen and oxygen atoms in total. The van der Waals surface area contributed by atoms with E-state index < -0.39 is 6.04 Å². The number of piperazine rings is 1. The van der Waals surface area contributed by atoms with Crippen LogP contribution in [-0.4, -0.2) is 62.3 Å². The van der Waals surface area contributed by atoms with Gasteiger partial charge in [0.05, 0.1) is 6.54 Å². The van der Waals surface area contributed by atoms with E-state index in [-0.39, 0.29) is 24.0 Å². The van der Waals surface area contributed by atoms with Gasteiger partial charge in [0.1, 0.15) is 17.7 Å². The highest BCUT2D eigenvalue weighted by atomic mass is 19.1. The van der Waals surface area contributed by atoms with Gasteiger partial charge in [0, 0.05) is 38.6 Å². The minimum absolute atomic E-state index is 0.0222. The predicted molar refractivity (Wildman–Crippen MR) is 112 cm³/mol. The molecule has 0 bridgehead atoms. The van der Waals surface area contributed by atoms with E-state index in [2.05, 4.69) is 23.8 Å². The van der Waals surface area contributed by atoms with Crippen LogP contribution in [0.2, 0.25) is 0 Å². The van der Waals surface area contributed by atoms with Crippen molar-refractivity contribution in [2.45, 2.75) is 58.2 Å². The first-order chi connectivity index (χ1) is 14.4. The first kappa shape index (κ1) is 20.8. The molecule has 0 spiro atoms. The van der Waals surface area contributed by atoms with Gasteiger partial charge in [-0.15, -0.1) is 0 Å². The van der Waals surface area contributed by atoms with Crippen LogP contribution in [0.15, 0.2) is 29.1 Å². The van der Waals surface area contributed by atoms with Gasteiger partial charge in [0.2, 0.25) is 5.91 Å². The van der Waals surface area contributed by atoms with Crippen molar-refractivity contribution in [2.24, 2.45) is 0 Å². The minimum Gasteiger partial charge on any atom is -0.338 e. The standard InChI is InChI=1S/C22H30FN5O2/c1-16(2)25-10-12-26(13-11-25)21(29)19-8-3-4-9-20-24-27(22(30)28(19)20)15-17-6-5-7-18(23)14-17/h5-7,14,16,19H,3-4,8-13,15H2,1-2H3. The Bertz CT molecular complexity index is 959. The van der Waals surface area contributed by atoms with Crippen LogP contribution in [-0.2, 0) is 17.8 Å². The van der Waals surface area contributed by atoms with Crippen molar-refractivity contribution in [3.63, 3.8) is 0 Å². The van der Waals surface area contributed by atoms with E-state index in [1.165, 1.54) is 16.8 Å². The number of aryl methyl sites for hydroxylation is 1. The van der Waals surface area contributed by atoms with Crippen LogP contribution in [0, 0.1) is 5.82 Å². The summed E-state index contributed by atoms with van der Waals surface area (Å²) in [4.78, 5) is 30.8. The summed E-state index contributed by atoms with van der Waals surface area (Å²) < 4.78 is 16.5. The summed E-state index contributed by atoms with van der Waals surface area (Å²) in [6.45, 7) is 7.63. The maximum absolute atomic E-state index is 13.5. The summed E-state index contributed by atoms with van der Waals surface area (Å²) in [6.07, 6.45) is 3.13. The second-order valence-electron chi connectivity index (χ2n) is 8.57. The lowest BCUT2D eigenvalue weighted by Crippen LogP contribution is -2.52. The van der Waals surface area contributed by atoms with Gasteiger partial charge in [-0.25, -0.2) is 13.9 Å². The molecular formula is C22H30FN5O2. The van der Waals surface area contributed by atoms with Gasteiger partial charge in [-0.05, 0) is 44.4 Å². The van der Waals surface area contributed by atoms with Gasteiger partial charge in [-0.1, -0.05) is 18.6 Å². The monoisotopic (exact) mass is 415 g/mol. The number of hydrogen-bond donors (Lipinski definition) is 0. The number of carbonyl (C=O) groups excluding carboxylic acids is 1. The van der Waals surface area contributed by atoms with Gasteiger partial charge in [0.25, 0.3) is 0 Å². The highest BCUT2D eigenvalue weighted by Gasteiger charge is 2.33. The quantitative estimate of drug-likeness (QED) is 0.767. The maximum Gasteiger partial charge on any atom is 0.346 e. The van der Waals surface area contributed by atoms with Crippen molar-refractivity contribution in [3.8, 4) is 0 Å². The molecule has 8 heteroatoms. The summed E-state index contributed by atoms with van der Waals surface area (Å²) >= 11 is 0. The van der Waals surface area contributed by atoms with Crippen LogP contribution in [0.5, 0.6) is 0 Å². The number of fused-ring (bicyclic) bond motifs is 1. The number of halogens is 1. The number of aromatic nitrogens is 3. The van der Waals surface area contributed by atoms with Gasteiger partial charge >= 0.3 is 5.69 Å². The minimum atomic E-state index is -0.498. The van der Waals surface area contributed by atoms with Crippen molar-refractivity contribution in [3.05, 3.63) is 52.0 Å². The van der Waals surface area contributed by atoms with Crippen molar-refractivity contribution in [2.75, 3.05) is 26.2 Å². The van der Waals surface area contributed by atoms with E-state index in [0.29, 0.717) is 43.4 Å². The van der Waals surface area contributed by atoms with Crippen LogP contribution in [0.25, 0.3) is 0 Å². The zero-order chi connectivity index (χ0) is 21.3. The zero-order valence-corrected chi connectivity index (χ0v) is 17.8. The van der Waals surface area contributed by atoms with Crippen LogP contribution >= 0.6 is 0 Å². The lowest BCUT2D eigenvalue weighted by Gasteiger charge is -2.38. The molecule has 3 heterocycles. The Kier molecular flexibility index (Phi) is 6.04. The Labute approximate surface area is 176 Å².